The van der Waals surface area contributed by atoms with Crippen LogP contribution >= 0.6 is 0 Å². The number of hydrogen-bond donors (Lipinski definition) is 2. The van der Waals surface area contributed by atoms with Gasteiger partial charge in [0.15, 0.2) is 0 Å². The molecule has 2 aromatic carbocycles. The van der Waals surface area contributed by atoms with Gasteiger partial charge in [0, 0.05) is 46.2 Å². The topological polar surface area (TPSA) is 48.8 Å². The maximum atomic E-state index is 4.70. The number of benzene rings is 2. The second-order valence-electron chi connectivity index (χ2n) is 6.91. The quantitative estimate of drug-likeness (QED) is 0.402. The van der Waals surface area contributed by atoms with E-state index in [1.165, 1.54) is 0 Å². The molecule has 0 heterocycles. The Balaban J connectivity index is 0.00000364. The summed E-state index contributed by atoms with van der Waals surface area (Å²) in [4.78, 5) is 9.25. The standard InChI is InChI=1S/C22H30N4.Ni/c1-6-18(26-22-13-11-21(12-14-22)25-17(4)5)15-23-19-7-9-20(10-8-19)24-16(2)3;/h7-17,24-25H,6H2,1-5H3;. The molecule has 0 unspecified atom stereocenters. The normalized spacial score (nSPS) is 11.7. The number of anilines is 2. The summed E-state index contributed by atoms with van der Waals surface area (Å²) in [7, 11) is 0. The molecule has 0 bridgehead atoms. The Labute approximate surface area is 173 Å². The van der Waals surface area contributed by atoms with Crippen LogP contribution in [0.1, 0.15) is 41.0 Å². The molecular weight excluding hydrogens is 379 g/mol. The maximum Gasteiger partial charge on any atom is 0.0635 e. The zero-order chi connectivity index (χ0) is 18.9. The van der Waals surface area contributed by atoms with Gasteiger partial charge in [-0.05, 0) is 82.6 Å². The van der Waals surface area contributed by atoms with Crippen molar-refractivity contribution in [2.24, 2.45) is 9.98 Å². The number of hydrogen-bond acceptors (Lipinski definition) is 4. The Morgan fingerprint density at radius 2 is 1.26 bits per heavy atom. The van der Waals surface area contributed by atoms with Crippen LogP contribution in [-0.2, 0) is 16.5 Å². The summed E-state index contributed by atoms with van der Waals surface area (Å²) in [5.41, 5.74) is 5.05. The number of aliphatic imine (C=N–C) groups is 2. The summed E-state index contributed by atoms with van der Waals surface area (Å²) in [6.07, 6.45) is 2.69. The van der Waals surface area contributed by atoms with Gasteiger partial charge in [-0.2, -0.15) is 0 Å². The van der Waals surface area contributed by atoms with Crippen molar-refractivity contribution in [1.29, 1.82) is 0 Å². The van der Waals surface area contributed by atoms with Crippen molar-refractivity contribution in [3.8, 4) is 0 Å². The van der Waals surface area contributed by atoms with Crippen LogP contribution in [0, 0.1) is 0 Å². The van der Waals surface area contributed by atoms with Crippen molar-refractivity contribution in [3.05, 3.63) is 48.5 Å². The van der Waals surface area contributed by atoms with Crippen molar-refractivity contribution in [2.45, 2.75) is 53.1 Å². The van der Waals surface area contributed by atoms with Crippen LogP contribution in [0.2, 0.25) is 0 Å². The third-order valence-corrected chi connectivity index (χ3v) is 3.64. The van der Waals surface area contributed by atoms with Crippen LogP contribution in [0.15, 0.2) is 58.5 Å². The molecule has 0 aliphatic heterocycles. The first-order valence-electron chi connectivity index (χ1n) is 9.31. The molecule has 2 aromatic rings. The van der Waals surface area contributed by atoms with Gasteiger partial charge in [-0.15, -0.1) is 0 Å². The SMILES string of the molecule is CCC(C=Nc1ccc(NC(C)C)cc1)=Nc1ccc(NC(C)C)cc1.[Ni]. The molecule has 0 amide bonds. The average Bonchev–Trinajstić information content (AvgIpc) is 2.60. The van der Waals surface area contributed by atoms with E-state index in [9.17, 15) is 0 Å². The van der Waals surface area contributed by atoms with Crippen molar-refractivity contribution >= 4 is 34.7 Å². The predicted octanol–water partition coefficient (Wildman–Crippen LogP) is 6.21. The smallest absolute Gasteiger partial charge is 0.0635 e. The Morgan fingerprint density at radius 3 is 1.67 bits per heavy atom. The molecule has 0 spiro atoms. The van der Waals surface area contributed by atoms with Gasteiger partial charge < -0.3 is 10.6 Å². The minimum Gasteiger partial charge on any atom is -0.383 e. The minimum absolute atomic E-state index is 0. The summed E-state index contributed by atoms with van der Waals surface area (Å²) in [5, 5.41) is 6.76. The zero-order valence-electron chi connectivity index (χ0n) is 16.8. The molecule has 27 heavy (non-hydrogen) atoms. The van der Waals surface area contributed by atoms with Gasteiger partial charge in [0.2, 0.25) is 0 Å². The zero-order valence-corrected chi connectivity index (χ0v) is 17.8. The molecule has 2 rings (SSSR count). The van der Waals surface area contributed by atoms with Gasteiger partial charge in [-0.3, -0.25) is 9.98 Å². The van der Waals surface area contributed by atoms with E-state index in [4.69, 9.17) is 4.99 Å². The molecule has 5 heteroatoms. The molecule has 0 saturated heterocycles. The monoisotopic (exact) mass is 408 g/mol. The molecule has 0 aliphatic rings. The number of rotatable bonds is 8. The molecule has 0 saturated carbocycles. The van der Waals surface area contributed by atoms with Crippen molar-refractivity contribution in [1.82, 2.24) is 0 Å². The Bertz CT molecular complexity index is 732. The van der Waals surface area contributed by atoms with E-state index in [1.807, 2.05) is 30.5 Å². The fourth-order valence-corrected chi connectivity index (χ4v) is 2.46. The maximum absolute atomic E-state index is 4.70. The molecule has 2 N–H and O–H groups in total. The minimum atomic E-state index is 0. The largest absolute Gasteiger partial charge is 0.383 e. The average molecular weight is 409 g/mol. The second kappa shape index (κ2) is 11.6. The number of nitrogens with one attached hydrogen (secondary N) is 2. The summed E-state index contributed by atoms with van der Waals surface area (Å²) in [6.45, 7) is 10.6. The van der Waals surface area contributed by atoms with Gasteiger partial charge in [0.05, 0.1) is 17.1 Å². The molecule has 0 radical (unpaired) electrons. The van der Waals surface area contributed by atoms with Crippen LogP contribution in [0.3, 0.4) is 0 Å². The van der Waals surface area contributed by atoms with E-state index in [2.05, 4.69) is 74.5 Å². The fourth-order valence-electron chi connectivity index (χ4n) is 2.46. The van der Waals surface area contributed by atoms with E-state index in [1.54, 1.807) is 0 Å². The summed E-state index contributed by atoms with van der Waals surface area (Å²) >= 11 is 0. The van der Waals surface area contributed by atoms with E-state index >= 15 is 0 Å². The van der Waals surface area contributed by atoms with E-state index < -0.39 is 0 Å². The first-order valence-corrected chi connectivity index (χ1v) is 9.31. The van der Waals surface area contributed by atoms with Gasteiger partial charge >= 0.3 is 0 Å². The molecule has 0 fully saturated rings. The fraction of sp³-hybridized carbons (Fsp3) is 0.364. The Morgan fingerprint density at radius 1 is 0.815 bits per heavy atom. The summed E-state index contributed by atoms with van der Waals surface area (Å²) in [6, 6.07) is 17.2. The first kappa shape index (κ1) is 22.9. The Hall–Kier alpha value is -2.13. The third kappa shape index (κ3) is 8.40. The molecule has 0 aliphatic carbocycles. The van der Waals surface area contributed by atoms with E-state index in [0.717, 1.165) is 34.9 Å². The van der Waals surface area contributed by atoms with E-state index in [0.29, 0.717) is 12.1 Å². The van der Waals surface area contributed by atoms with Gasteiger partial charge in [-0.25, -0.2) is 0 Å². The van der Waals surface area contributed by atoms with Gasteiger partial charge in [0.25, 0.3) is 0 Å². The Kier molecular flexibility index (Phi) is 9.81. The molecule has 0 atom stereocenters. The van der Waals surface area contributed by atoms with Crippen molar-refractivity contribution < 1.29 is 16.5 Å². The summed E-state index contributed by atoms with van der Waals surface area (Å²) in [5.74, 6) is 0. The van der Waals surface area contributed by atoms with Crippen molar-refractivity contribution in [3.63, 3.8) is 0 Å². The van der Waals surface area contributed by atoms with E-state index in [-0.39, 0.29) is 16.5 Å². The van der Waals surface area contributed by atoms with Gasteiger partial charge in [-0.1, -0.05) is 6.92 Å². The van der Waals surface area contributed by atoms with Crippen LogP contribution in [0.25, 0.3) is 0 Å². The molecular formula is C22H30N4Ni. The molecule has 4 nitrogen and oxygen atoms in total. The van der Waals surface area contributed by atoms with Crippen molar-refractivity contribution in [2.75, 3.05) is 10.6 Å². The van der Waals surface area contributed by atoms with Crippen LogP contribution in [0.4, 0.5) is 22.7 Å². The van der Waals surface area contributed by atoms with Crippen LogP contribution < -0.4 is 10.6 Å². The third-order valence-electron chi connectivity index (χ3n) is 3.64. The van der Waals surface area contributed by atoms with Crippen LogP contribution in [-0.4, -0.2) is 24.0 Å². The molecule has 0 aromatic heterocycles. The second-order valence-corrected chi connectivity index (χ2v) is 6.91. The number of nitrogens with zero attached hydrogens (tertiary/aromatic N) is 2. The first-order chi connectivity index (χ1) is 12.5. The predicted molar refractivity (Wildman–Crippen MR) is 116 cm³/mol. The molecule has 148 valence electrons. The summed E-state index contributed by atoms with van der Waals surface area (Å²) < 4.78 is 0. The van der Waals surface area contributed by atoms with Crippen LogP contribution in [0.5, 0.6) is 0 Å². The van der Waals surface area contributed by atoms with Gasteiger partial charge in [0.1, 0.15) is 0 Å².